The molecule has 1 aromatic rings. The number of piperazine rings is 1. The first-order chi connectivity index (χ1) is 10.1. The number of thioether (sulfide) groups is 1. The molecule has 2 amide bonds. The average Bonchev–Trinajstić information content (AvgIpc) is 2.48. The van der Waals surface area contributed by atoms with E-state index in [0.717, 1.165) is 30.2 Å². The lowest BCUT2D eigenvalue weighted by Gasteiger charge is -2.35. The number of halogens is 1. The van der Waals surface area contributed by atoms with Crippen molar-refractivity contribution >= 4 is 41.7 Å². The number of nitrogens with zero attached hydrogens (tertiary/aromatic N) is 1. The van der Waals surface area contributed by atoms with Gasteiger partial charge in [0, 0.05) is 37.0 Å². The molecule has 1 saturated heterocycles. The van der Waals surface area contributed by atoms with E-state index in [1.165, 1.54) is 11.8 Å². The van der Waals surface area contributed by atoms with Crippen molar-refractivity contribution in [2.24, 2.45) is 0 Å². The molecule has 0 radical (unpaired) electrons. The zero-order valence-corrected chi connectivity index (χ0v) is 14.0. The van der Waals surface area contributed by atoms with Crippen LogP contribution in [0.4, 0.5) is 5.69 Å². The first kappa shape index (κ1) is 17.1. The molecular formula is C15H20ClN3O2S. The Kier molecular flexibility index (Phi) is 5.72. The standard InChI is InChI=1S/C15H19N3O2S.ClH/c1-10-9-16-6-7-18(10)14(19)8-13-15(20)17-11-4-2-3-5-12(11)21-13;/h2-5,10,13,16H,6-9H2,1H3,(H,17,20);1H/t10-,13?;/m1./s1. The van der Waals surface area contributed by atoms with Crippen LogP contribution in [0, 0.1) is 0 Å². The van der Waals surface area contributed by atoms with Crippen LogP contribution in [0.2, 0.25) is 0 Å². The maximum atomic E-state index is 12.4. The number of nitrogens with one attached hydrogen (secondary N) is 2. The number of hydrogen-bond donors (Lipinski definition) is 2. The van der Waals surface area contributed by atoms with Crippen molar-refractivity contribution in [3.8, 4) is 0 Å². The summed E-state index contributed by atoms with van der Waals surface area (Å²) in [5, 5.41) is 5.81. The Morgan fingerprint density at radius 1 is 1.41 bits per heavy atom. The second-order valence-electron chi connectivity index (χ2n) is 5.44. The molecule has 0 saturated carbocycles. The number of rotatable bonds is 2. The summed E-state index contributed by atoms with van der Waals surface area (Å²) >= 11 is 1.48. The van der Waals surface area contributed by atoms with E-state index in [0.29, 0.717) is 0 Å². The number of hydrogen-bond acceptors (Lipinski definition) is 4. The maximum Gasteiger partial charge on any atom is 0.238 e. The third kappa shape index (κ3) is 3.56. The second-order valence-corrected chi connectivity index (χ2v) is 6.68. The van der Waals surface area contributed by atoms with E-state index in [2.05, 4.69) is 10.6 Å². The van der Waals surface area contributed by atoms with E-state index in [1.54, 1.807) is 0 Å². The third-order valence-electron chi connectivity index (χ3n) is 3.89. The molecule has 2 atom stereocenters. The summed E-state index contributed by atoms with van der Waals surface area (Å²) in [6.45, 7) is 4.39. The minimum Gasteiger partial charge on any atom is -0.337 e. The maximum absolute atomic E-state index is 12.4. The first-order valence-corrected chi connectivity index (χ1v) is 8.10. The van der Waals surface area contributed by atoms with E-state index >= 15 is 0 Å². The van der Waals surface area contributed by atoms with Gasteiger partial charge in [0.05, 0.1) is 10.9 Å². The minimum atomic E-state index is -0.338. The summed E-state index contributed by atoms with van der Waals surface area (Å²) in [5.74, 6) is -0.00845. The van der Waals surface area contributed by atoms with Gasteiger partial charge in [-0.2, -0.15) is 0 Å². The number of fused-ring (bicyclic) bond motifs is 1. The molecule has 0 aromatic heterocycles. The fraction of sp³-hybridized carbons (Fsp3) is 0.467. The fourth-order valence-corrected chi connectivity index (χ4v) is 3.82. The molecule has 0 bridgehead atoms. The highest BCUT2D eigenvalue weighted by atomic mass is 35.5. The Morgan fingerprint density at radius 3 is 2.95 bits per heavy atom. The Labute approximate surface area is 140 Å². The van der Waals surface area contributed by atoms with Crippen molar-refractivity contribution in [1.29, 1.82) is 0 Å². The molecule has 2 N–H and O–H groups in total. The normalized spacial score (nSPS) is 24.0. The van der Waals surface area contributed by atoms with Crippen molar-refractivity contribution in [3.05, 3.63) is 24.3 Å². The predicted molar refractivity (Wildman–Crippen MR) is 90.6 cm³/mol. The second kappa shape index (κ2) is 7.35. The average molecular weight is 342 g/mol. The van der Waals surface area contributed by atoms with Crippen LogP contribution < -0.4 is 10.6 Å². The van der Waals surface area contributed by atoms with Gasteiger partial charge in [0.1, 0.15) is 0 Å². The Hall–Kier alpha value is -1.24. The van der Waals surface area contributed by atoms with E-state index < -0.39 is 0 Å². The van der Waals surface area contributed by atoms with Gasteiger partial charge >= 0.3 is 0 Å². The molecule has 2 aliphatic rings. The number of carbonyl (C=O) groups is 2. The van der Waals surface area contributed by atoms with Crippen LogP contribution in [-0.4, -0.2) is 47.6 Å². The molecule has 120 valence electrons. The first-order valence-electron chi connectivity index (χ1n) is 7.22. The third-order valence-corrected chi connectivity index (χ3v) is 5.16. The molecule has 22 heavy (non-hydrogen) atoms. The minimum absolute atomic E-state index is 0. The highest BCUT2D eigenvalue weighted by molar-refractivity contribution is 8.01. The topological polar surface area (TPSA) is 61.4 Å². The van der Waals surface area contributed by atoms with Crippen LogP contribution in [0.15, 0.2) is 29.2 Å². The Morgan fingerprint density at radius 2 is 2.18 bits per heavy atom. The zero-order chi connectivity index (χ0) is 14.8. The number of amides is 2. The highest BCUT2D eigenvalue weighted by Gasteiger charge is 2.32. The molecule has 7 heteroatoms. The van der Waals surface area contributed by atoms with Crippen molar-refractivity contribution in [3.63, 3.8) is 0 Å². The van der Waals surface area contributed by atoms with Crippen molar-refractivity contribution in [2.45, 2.75) is 29.5 Å². The van der Waals surface area contributed by atoms with E-state index in [4.69, 9.17) is 0 Å². The predicted octanol–water partition coefficient (Wildman–Crippen LogP) is 1.73. The largest absolute Gasteiger partial charge is 0.337 e. The lowest BCUT2D eigenvalue weighted by atomic mass is 10.1. The quantitative estimate of drug-likeness (QED) is 0.860. The molecule has 3 rings (SSSR count). The summed E-state index contributed by atoms with van der Waals surface area (Å²) in [5.41, 5.74) is 0.840. The van der Waals surface area contributed by atoms with Crippen LogP contribution >= 0.6 is 24.2 Å². The van der Waals surface area contributed by atoms with Crippen molar-refractivity contribution in [2.75, 3.05) is 25.0 Å². The molecule has 0 aliphatic carbocycles. The van der Waals surface area contributed by atoms with Crippen molar-refractivity contribution in [1.82, 2.24) is 10.2 Å². The van der Waals surface area contributed by atoms with E-state index in [9.17, 15) is 9.59 Å². The smallest absolute Gasteiger partial charge is 0.238 e. The van der Waals surface area contributed by atoms with Crippen LogP contribution in [0.5, 0.6) is 0 Å². The SMILES string of the molecule is C[C@@H]1CNCCN1C(=O)CC1Sc2ccccc2NC1=O.Cl. The van der Waals surface area contributed by atoms with E-state index in [1.807, 2.05) is 36.1 Å². The van der Waals surface area contributed by atoms with Gasteiger partial charge < -0.3 is 15.5 Å². The molecule has 2 aliphatic heterocycles. The lowest BCUT2D eigenvalue weighted by molar-refractivity contribution is -0.135. The van der Waals surface area contributed by atoms with Crippen LogP contribution in [0.25, 0.3) is 0 Å². The highest BCUT2D eigenvalue weighted by Crippen LogP contribution is 2.36. The number of carbonyl (C=O) groups excluding carboxylic acids is 2. The summed E-state index contributed by atoms with van der Waals surface area (Å²) in [6.07, 6.45) is 0.259. The molecular weight excluding hydrogens is 322 g/mol. The summed E-state index contributed by atoms with van der Waals surface area (Å²) < 4.78 is 0. The summed E-state index contributed by atoms with van der Waals surface area (Å²) in [6, 6.07) is 7.89. The molecule has 5 nitrogen and oxygen atoms in total. The summed E-state index contributed by atoms with van der Waals surface area (Å²) in [4.78, 5) is 27.5. The van der Waals surface area contributed by atoms with Gasteiger partial charge in [-0.1, -0.05) is 12.1 Å². The van der Waals surface area contributed by atoms with Gasteiger partial charge in [0.15, 0.2) is 0 Å². The van der Waals surface area contributed by atoms with Gasteiger partial charge in [-0.25, -0.2) is 0 Å². The molecule has 1 aromatic carbocycles. The van der Waals surface area contributed by atoms with Crippen molar-refractivity contribution < 1.29 is 9.59 Å². The van der Waals surface area contributed by atoms with Gasteiger partial charge in [-0.05, 0) is 19.1 Å². The molecule has 2 heterocycles. The number of para-hydroxylation sites is 1. The van der Waals surface area contributed by atoms with Crippen LogP contribution in [-0.2, 0) is 9.59 Å². The lowest BCUT2D eigenvalue weighted by Crippen LogP contribution is -2.53. The monoisotopic (exact) mass is 341 g/mol. The van der Waals surface area contributed by atoms with Crippen LogP contribution in [0.3, 0.4) is 0 Å². The molecule has 1 fully saturated rings. The van der Waals surface area contributed by atoms with Gasteiger partial charge in [0.25, 0.3) is 0 Å². The van der Waals surface area contributed by atoms with E-state index in [-0.39, 0.29) is 41.9 Å². The Bertz CT molecular complexity index is 569. The fourth-order valence-electron chi connectivity index (χ4n) is 2.71. The van der Waals surface area contributed by atoms with Crippen LogP contribution in [0.1, 0.15) is 13.3 Å². The van der Waals surface area contributed by atoms with Gasteiger partial charge in [0.2, 0.25) is 11.8 Å². The Balaban J connectivity index is 0.00000176. The zero-order valence-electron chi connectivity index (χ0n) is 12.4. The number of anilines is 1. The summed E-state index contributed by atoms with van der Waals surface area (Å²) in [7, 11) is 0. The number of benzene rings is 1. The molecule has 1 unspecified atom stereocenters. The van der Waals surface area contributed by atoms with Gasteiger partial charge in [-0.3, -0.25) is 9.59 Å². The molecule has 0 spiro atoms. The van der Waals surface area contributed by atoms with Gasteiger partial charge in [-0.15, -0.1) is 24.2 Å².